The highest BCUT2D eigenvalue weighted by Crippen LogP contribution is 2.20. The van der Waals surface area contributed by atoms with Crippen molar-refractivity contribution < 1.29 is 47.3 Å². The molecule has 2 aromatic rings. The Morgan fingerprint density at radius 3 is 1.65 bits per heavy atom. The SMILES string of the molecule is Cc1ccc([I+]c2ccc(Br)cc2)cc1.O=S(=O)([O-])C(F)(F)F. The standard InChI is InChI=1S/C13H11BrI.CHF3O3S/c1-10-2-6-12(7-3-10)15-13-8-4-11(14)5-9-13;2-1(3,4)8(5,6)7/h2-9H,1H3;(H,5,6,7)/q+1;/p-1. The Labute approximate surface area is 151 Å². The van der Waals surface area contributed by atoms with Gasteiger partial charge in [-0.3, -0.25) is 0 Å². The first-order chi connectivity index (χ1) is 10.5. The van der Waals surface area contributed by atoms with Crippen LogP contribution >= 0.6 is 15.9 Å². The van der Waals surface area contributed by atoms with Crippen molar-refractivity contribution in [2.75, 3.05) is 0 Å². The minimum Gasteiger partial charge on any atom is -0.741 e. The molecule has 2 aromatic carbocycles. The minimum atomic E-state index is -6.09. The summed E-state index contributed by atoms with van der Waals surface area (Å²) >= 11 is 3.43. The number of aryl methyl sites for hydroxylation is 1. The summed E-state index contributed by atoms with van der Waals surface area (Å²) in [5.74, 6) is 0. The highest BCUT2D eigenvalue weighted by atomic mass is 127. The van der Waals surface area contributed by atoms with E-state index in [1.54, 1.807) is 0 Å². The quantitative estimate of drug-likeness (QED) is 0.335. The Morgan fingerprint density at radius 2 is 1.30 bits per heavy atom. The fourth-order valence-electron chi connectivity index (χ4n) is 1.21. The Hall–Kier alpha value is -0.650. The van der Waals surface area contributed by atoms with E-state index in [1.807, 2.05) is 0 Å². The van der Waals surface area contributed by atoms with Gasteiger partial charge in [0.2, 0.25) is 0 Å². The Morgan fingerprint density at radius 1 is 0.957 bits per heavy atom. The van der Waals surface area contributed by atoms with Crippen LogP contribution < -0.4 is 21.2 Å². The molecule has 0 fully saturated rings. The van der Waals surface area contributed by atoms with E-state index in [2.05, 4.69) is 71.4 Å². The molecule has 0 N–H and O–H groups in total. The van der Waals surface area contributed by atoms with Gasteiger partial charge in [-0.25, -0.2) is 8.42 Å². The van der Waals surface area contributed by atoms with Crippen LogP contribution in [0.25, 0.3) is 0 Å². The van der Waals surface area contributed by atoms with E-state index in [0.717, 1.165) is 4.47 Å². The molecule has 0 unspecified atom stereocenters. The van der Waals surface area contributed by atoms with Crippen molar-refractivity contribution >= 4 is 26.0 Å². The van der Waals surface area contributed by atoms with E-state index in [9.17, 15) is 13.2 Å². The van der Waals surface area contributed by atoms with Gasteiger partial charge in [-0.2, -0.15) is 13.2 Å². The molecule has 0 aliphatic heterocycles. The second-order valence-electron chi connectivity index (χ2n) is 4.23. The van der Waals surface area contributed by atoms with Gasteiger partial charge in [0.25, 0.3) is 0 Å². The lowest BCUT2D eigenvalue weighted by Crippen LogP contribution is -3.61. The van der Waals surface area contributed by atoms with E-state index >= 15 is 0 Å². The lowest BCUT2D eigenvalue weighted by atomic mass is 10.2. The third kappa shape index (κ3) is 7.64. The summed E-state index contributed by atoms with van der Waals surface area (Å²) in [4.78, 5) is 0. The van der Waals surface area contributed by atoms with Crippen LogP contribution in [0.4, 0.5) is 13.2 Å². The smallest absolute Gasteiger partial charge is 0.485 e. The average Bonchev–Trinajstić information content (AvgIpc) is 2.42. The van der Waals surface area contributed by atoms with Crippen LogP contribution in [0.5, 0.6) is 0 Å². The summed E-state index contributed by atoms with van der Waals surface area (Å²) in [7, 11) is -6.09. The van der Waals surface area contributed by atoms with Crippen LogP contribution in [-0.2, 0) is 10.1 Å². The number of rotatable bonds is 2. The number of benzene rings is 2. The Balaban J connectivity index is 0.000000284. The normalized spacial score (nSPS) is 11.6. The molecular formula is C14H11BrF3IO3S. The predicted octanol–water partition coefficient (Wildman–Crippen LogP) is 0.937. The molecule has 3 nitrogen and oxygen atoms in total. The second kappa shape index (κ2) is 8.45. The van der Waals surface area contributed by atoms with Gasteiger partial charge < -0.3 is 4.55 Å². The molecule has 126 valence electrons. The van der Waals surface area contributed by atoms with Crippen LogP contribution in [-0.4, -0.2) is 18.5 Å². The van der Waals surface area contributed by atoms with Crippen LogP contribution in [0, 0.1) is 14.1 Å². The number of hydrogen-bond acceptors (Lipinski definition) is 3. The average molecular weight is 523 g/mol. The molecule has 0 atom stereocenters. The van der Waals surface area contributed by atoms with Crippen molar-refractivity contribution in [3.63, 3.8) is 0 Å². The van der Waals surface area contributed by atoms with Gasteiger partial charge in [-0.15, -0.1) is 0 Å². The van der Waals surface area contributed by atoms with Crippen molar-refractivity contribution in [1.82, 2.24) is 0 Å². The molecule has 0 heterocycles. The van der Waals surface area contributed by atoms with Crippen LogP contribution in [0.15, 0.2) is 53.0 Å². The zero-order valence-electron chi connectivity index (χ0n) is 11.6. The summed E-state index contributed by atoms with van der Waals surface area (Å²) in [6.45, 7) is 2.13. The maximum absolute atomic E-state index is 10.7. The fraction of sp³-hybridized carbons (Fsp3) is 0.143. The van der Waals surface area contributed by atoms with Gasteiger partial charge in [0.15, 0.2) is 17.3 Å². The van der Waals surface area contributed by atoms with E-state index in [4.69, 9.17) is 13.0 Å². The Kier molecular flexibility index (Phi) is 7.49. The first-order valence-electron chi connectivity index (χ1n) is 5.98. The van der Waals surface area contributed by atoms with Crippen molar-refractivity contribution in [3.8, 4) is 0 Å². The molecule has 0 radical (unpaired) electrons. The van der Waals surface area contributed by atoms with E-state index < -0.39 is 15.6 Å². The van der Waals surface area contributed by atoms with E-state index in [-0.39, 0.29) is 21.2 Å². The summed E-state index contributed by atoms with van der Waals surface area (Å²) in [6.07, 6.45) is 0. The van der Waals surface area contributed by atoms with Crippen molar-refractivity contribution in [2.45, 2.75) is 12.4 Å². The van der Waals surface area contributed by atoms with Crippen LogP contribution in [0.2, 0.25) is 0 Å². The Bertz CT molecular complexity index is 686. The van der Waals surface area contributed by atoms with Crippen molar-refractivity contribution in [1.29, 1.82) is 0 Å². The highest BCUT2D eigenvalue weighted by Gasteiger charge is 2.36. The molecule has 2 rings (SSSR count). The molecule has 0 saturated heterocycles. The molecule has 0 spiro atoms. The fourth-order valence-corrected chi connectivity index (χ4v) is 3.64. The van der Waals surface area contributed by atoms with Gasteiger partial charge >= 0.3 is 26.7 Å². The van der Waals surface area contributed by atoms with Gasteiger partial charge in [-0.1, -0.05) is 33.6 Å². The lowest BCUT2D eigenvalue weighted by molar-refractivity contribution is -0.597. The molecular weight excluding hydrogens is 512 g/mol. The van der Waals surface area contributed by atoms with Gasteiger partial charge in [0.1, 0.15) is 0 Å². The van der Waals surface area contributed by atoms with Crippen LogP contribution in [0.3, 0.4) is 0 Å². The third-order valence-electron chi connectivity index (χ3n) is 2.32. The molecule has 0 aliphatic rings. The topological polar surface area (TPSA) is 57.2 Å². The minimum absolute atomic E-state index is 0.0177. The summed E-state index contributed by atoms with van der Waals surface area (Å²) < 4.78 is 63.0. The maximum Gasteiger partial charge on any atom is 0.485 e. The predicted molar refractivity (Wildman–Crippen MR) is 78.5 cm³/mol. The zero-order chi connectivity index (χ0) is 17.7. The summed E-state index contributed by atoms with van der Waals surface area (Å²) in [6, 6.07) is 17.5. The molecule has 0 amide bonds. The van der Waals surface area contributed by atoms with E-state index in [1.165, 1.54) is 12.7 Å². The molecule has 0 aromatic heterocycles. The molecule has 9 heteroatoms. The monoisotopic (exact) mass is 522 g/mol. The second-order valence-corrected chi connectivity index (χ2v) is 9.54. The number of alkyl halides is 3. The maximum atomic E-state index is 10.7. The lowest BCUT2D eigenvalue weighted by Gasteiger charge is -2.08. The first-order valence-corrected chi connectivity index (χ1v) is 10.3. The van der Waals surface area contributed by atoms with Crippen molar-refractivity contribution in [2.24, 2.45) is 0 Å². The zero-order valence-corrected chi connectivity index (χ0v) is 16.2. The largest absolute Gasteiger partial charge is 0.741 e. The number of hydrogen-bond donors (Lipinski definition) is 0. The first kappa shape index (κ1) is 20.4. The third-order valence-corrected chi connectivity index (χ3v) is 6.10. The summed E-state index contributed by atoms with van der Waals surface area (Å²) in [5.41, 5.74) is -4.31. The molecule has 0 bridgehead atoms. The van der Waals surface area contributed by atoms with Gasteiger partial charge in [0, 0.05) is 4.47 Å². The van der Waals surface area contributed by atoms with Gasteiger partial charge in [0.05, 0.1) is 0 Å². The molecule has 0 saturated carbocycles. The number of halogens is 5. The van der Waals surface area contributed by atoms with Crippen LogP contribution in [0.1, 0.15) is 5.56 Å². The van der Waals surface area contributed by atoms with E-state index in [0.29, 0.717) is 0 Å². The summed E-state index contributed by atoms with van der Waals surface area (Å²) in [5, 5.41) is 0. The molecule has 0 aliphatic carbocycles. The molecule has 23 heavy (non-hydrogen) atoms. The van der Waals surface area contributed by atoms with Crippen molar-refractivity contribution in [3.05, 3.63) is 65.7 Å². The van der Waals surface area contributed by atoms with Gasteiger partial charge in [-0.05, 0) is 43.3 Å². The highest BCUT2D eigenvalue weighted by molar-refractivity contribution is 9.10.